The van der Waals surface area contributed by atoms with Crippen LogP contribution in [0.15, 0.2) is 42.5 Å². The van der Waals surface area contributed by atoms with E-state index in [0.29, 0.717) is 10.7 Å². The Balaban J connectivity index is 1.96. The average molecular weight is 331 g/mol. The molecule has 0 spiro atoms. The lowest BCUT2D eigenvalue weighted by molar-refractivity contribution is -0.384. The fraction of sp³-hybridized carbons (Fsp3) is 0.188. The molecule has 0 saturated heterocycles. The molecule has 6 nitrogen and oxygen atoms in total. The molecule has 2 aromatic rings. The van der Waals surface area contributed by atoms with Crippen molar-refractivity contribution in [3.05, 3.63) is 63.7 Å². The zero-order valence-electron chi connectivity index (χ0n) is 12.6. The molecule has 0 fully saturated rings. The second-order valence-electron chi connectivity index (χ2n) is 4.93. The predicted molar refractivity (Wildman–Crippen MR) is 93.6 cm³/mol. The summed E-state index contributed by atoms with van der Waals surface area (Å²) in [5, 5.41) is 26.8. The first kappa shape index (κ1) is 16.7. The van der Waals surface area contributed by atoms with E-state index in [1.807, 2.05) is 24.3 Å². The Labute approximate surface area is 139 Å². The highest BCUT2D eigenvalue weighted by Crippen LogP contribution is 2.22. The van der Waals surface area contributed by atoms with Gasteiger partial charge in [-0.1, -0.05) is 19.1 Å². The van der Waals surface area contributed by atoms with Crippen molar-refractivity contribution in [1.29, 1.82) is 0 Å². The van der Waals surface area contributed by atoms with Gasteiger partial charge in [-0.15, -0.1) is 0 Å². The number of hydrogen-bond donors (Lipinski definition) is 3. The Kier molecular flexibility index (Phi) is 5.48. The number of aryl methyl sites for hydroxylation is 1. The summed E-state index contributed by atoms with van der Waals surface area (Å²) in [5.41, 5.74) is 2.41. The molecule has 0 unspecified atom stereocenters. The van der Waals surface area contributed by atoms with E-state index in [4.69, 9.17) is 12.2 Å². The highest BCUT2D eigenvalue weighted by atomic mass is 32.1. The number of benzene rings is 2. The summed E-state index contributed by atoms with van der Waals surface area (Å²) in [6, 6.07) is 11.8. The van der Waals surface area contributed by atoms with E-state index in [1.54, 1.807) is 0 Å². The Morgan fingerprint density at radius 2 is 1.96 bits per heavy atom. The van der Waals surface area contributed by atoms with Crippen LogP contribution in [0.5, 0.6) is 5.75 Å². The molecular formula is C16H17N3O3S. The maximum atomic E-state index is 10.8. The van der Waals surface area contributed by atoms with Gasteiger partial charge < -0.3 is 15.7 Å². The molecule has 0 amide bonds. The smallest absolute Gasteiger partial charge is 0.270 e. The fourth-order valence-corrected chi connectivity index (χ4v) is 2.19. The minimum absolute atomic E-state index is 0.0156. The zero-order chi connectivity index (χ0) is 16.8. The van der Waals surface area contributed by atoms with Crippen LogP contribution < -0.4 is 10.6 Å². The first-order valence-corrected chi connectivity index (χ1v) is 7.50. The van der Waals surface area contributed by atoms with Crippen molar-refractivity contribution >= 4 is 28.7 Å². The topological polar surface area (TPSA) is 87.4 Å². The van der Waals surface area contributed by atoms with Crippen molar-refractivity contribution in [2.24, 2.45) is 0 Å². The molecule has 3 N–H and O–H groups in total. The van der Waals surface area contributed by atoms with Gasteiger partial charge in [0.25, 0.3) is 5.69 Å². The highest BCUT2D eigenvalue weighted by Gasteiger charge is 2.10. The molecular weight excluding hydrogens is 314 g/mol. The van der Waals surface area contributed by atoms with E-state index < -0.39 is 4.92 Å². The molecule has 0 aliphatic carbocycles. The number of nitrogens with zero attached hydrogens (tertiary/aromatic N) is 1. The monoisotopic (exact) mass is 331 g/mol. The number of rotatable bonds is 5. The van der Waals surface area contributed by atoms with Crippen LogP contribution in [0, 0.1) is 10.1 Å². The van der Waals surface area contributed by atoms with Crippen LogP contribution in [0.4, 0.5) is 11.4 Å². The van der Waals surface area contributed by atoms with Gasteiger partial charge in [-0.25, -0.2) is 0 Å². The lowest BCUT2D eigenvalue weighted by atomic mass is 10.1. The van der Waals surface area contributed by atoms with Gasteiger partial charge in [-0.2, -0.15) is 0 Å². The fourth-order valence-electron chi connectivity index (χ4n) is 2.00. The van der Waals surface area contributed by atoms with Crippen LogP contribution in [-0.2, 0) is 13.0 Å². The normalized spacial score (nSPS) is 10.1. The highest BCUT2D eigenvalue weighted by molar-refractivity contribution is 7.80. The molecule has 0 saturated carbocycles. The van der Waals surface area contributed by atoms with Crippen LogP contribution in [0.2, 0.25) is 0 Å². The number of thiocarbonyl (C=S) groups is 1. The van der Waals surface area contributed by atoms with Crippen molar-refractivity contribution in [1.82, 2.24) is 5.32 Å². The third kappa shape index (κ3) is 4.65. The number of nitro groups is 1. The summed E-state index contributed by atoms with van der Waals surface area (Å²) >= 11 is 5.19. The molecule has 0 radical (unpaired) electrons. The standard InChI is InChI=1S/C16H17N3O3S/c1-2-11-3-5-13(6-4-11)18-16(23)17-10-12-9-14(19(21)22)7-8-15(12)20/h3-9,20H,2,10H2,1H3,(H2,17,18,23). The predicted octanol–water partition coefficient (Wildman–Crippen LogP) is 3.35. The third-order valence-corrected chi connectivity index (χ3v) is 3.58. The maximum Gasteiger partial charge on any atom is 0.270 e. The van der Waals surface area contributed by atoms with Crippen molar-refractivity contribution < 1.29 is 10.0 Å². The van der Waals surface area contributed by atoms with Gasteiger partial charge in [-0.3, -0.25) is 10.1 Å². The van der Waals surface area contributed by atoms with E-state index in [0.717, 1.165) is 12.1 Å². The second-order valence-corrected chi connectivity index (χ2v) is 5.34. The Morgan fingerprint density at radius 1 is 1.26 bits per heavy atom. The molecule has 0 bridgehead atoms. The van der Waals surface area contributed by atoms with Crippen LogP contribution >= 0.6 is 12.2 Å². The van der Waals surface area contributed by atoms with Gasteiger partial charge in [0.05, 0.1) is 4.92 Å². The molecule has 0 aromatic heterocycles. The number of nitrogens with one attached hydrogen (secondary N) is 2. The van der Waals surface area contributed by atoms with Crippen LogP contribution in [-0.4, -0.2) is 15.1 Å². The quantitative estimate of drug-likeness (QED) is 0.442. The van der Waals surface area contributed by atoms with Crippen LogP contribution in [0.1, 0.15) is 18.1 Å². The minimum Gasteiger partial charge on any atom is -0.508 e. The lowest BCUT2D eigenvalue weighted by Gasteiger charge is -2.11. The number of phenols is 1. The minimum atomic E-state index is -0.505. The largest absolute Gasteiger partial charge is 0.508 e. The number of nitro benzene ring substituents is 1. The molecule has 7 heteroatoms. The summed E-state index contributed by atoms with van der Waals surface area (Å²) in [6.45, 7) is 2.27. The number of phenolic OH excluding ortho intramolecular Hbond substituents is 1. The van der Waals surface area contributed by atoms with Crippen molar-refractivity contribution in [3.63, 3.8) is 0 Å². The van der Waals surface area contributed by atoms with Gasteiger partial charge in [-0.05, 0) is 42.4 Å². The SMILES string of the molecule is CCc1ccc(NC(=S)NCc2cc([N+](=O)[O-])ccc2O)cc1. The second kappa shape index (κ2) is 7.55. The van der Waals surface area contributed by atoms with Crippen LogP contribution in [0.3, 0.4) is 0 Å². The van der Waals surface area contributed by atoms with Crippen LogP contribution in [0.25, 0.3) is 0 Å². The Morgan fingerprint density at radius 3 is 2.57 bits per heavy atom. The van der Waals surface area contributed by atoms with Crippen molar-refractivity contribution in [2.75, 3.05) is 5.32 Å². The van der Waals surface area contributed by atoms with E-state index >= 15 is 0 Å². The summed E-state index contributed by atoms with van der Waals surface area (Å²) in [5.74, 6) is -0.0156. The number of anilines is 1. The Hall–Kier alpha value is -2.67. The first-order chi connectivity index (χ1) is 11.0. The van der Waals surface area contributed by atoms with E-state index in [-0.39, 0.29) is 18.0 Å². The van der Waals surface area contributed by atoms with Crippen molar-refractivity contribution in [2.45, 2.75) is 19.9 Å². The summed E-state index contributed by atoms with van der Waals surface area (Å²) < 4.78 is 0. The molecule has 0 aliphatic rings. The van der Waals surface area contributed by atoms with Gasteiger partial charge in [0.15, 0.2) is 5.11 Å². The zero-order valence-corrected chi connectivity index (χ0v) is 13.4. The van der Waals surface area contributed by atoms with Crippen molar-refractivity contribution in [3.8, 4) is 5.75 Å². The molecule has 23 heavy (non-hydrogen) atoms. The summed E-state index contributed by atoms with van der Waals surface area (Å²) in [7, 11) is 0. The van der Waals surface area contributed by atoms with E-state index in [1.165, 1.54) is 23.8 Å². The Bertz CT molecular complexity index is 717. The van der Waals surface area contributed by atoms with E-state index in [2.05, 4.69) is 17.6 Å². The summed E-state index contributed by atoms with van der Waals surface area (Å²) in [4.78, 5) is 10.3. The molecule has 0 atom stereocenters. The summed E-state index contributed by atoms with van der Waals surface area (Å²) in [6.07, 6.45) is 0.967. The van der Waals surface area contributed by atoms with E-state index in [9.17, 15) is 15.2 Å². The molecule has 0 aliphatic heterocycles. The number of aromatic hydroxyl groups is 1. The van der Waals surface area contributed by atoms with Gasteiger partial charge in [0.1, 0.15) is 5.75 Å². The molecule has 120 valence electrons. The van der Waals surface area contributed by atoms with Gasteiger partial charge >= 0.3 is 0 Å². The molecule has 2 aromatic carbocycles. The van der Waals surface area contributed by atoms with Gasteiger partial charge in [0.2, 0.25) is 0 Å². The molecule has 2 rings (SSSR count). The van der Waals surface area contributed by atoms with Gasteiger partial charge in [0, 0.05) is 29.9 Å². The number of non-ortho nitro benzene ring substituents is 1. The number of hydrogen-bond acceptors (Lipinski definition) is 4. The maximum absolute atomic E-state index is 10.8. The molecule has 0 heterocycles. The average Bonchev–Trinajstić information content (AvgIpc) is 2.54. The first-order valence-electron chi connectivity index (χ1n) is 7.09. The third-order valence-electron chi connectivity index (χ3n) is 3.33. The lowest BCUT2D eigenvalue weighted by Crippen LogP contribution is -2.27.